The van der Waals surface area contributed by atoms with Crippen molar-refractivity contribution in [1.29, 1.82) is 0 Å². The van der Waals surface area contributed by atoms with Gasteiger partial charge in [-0.05, 0) is 44.9 Å². The summed E-state index contributed by atoms with van der Waals surface area (Å²) < 4.78 is 18.0. The zero-order valence-corrected chi connectivity index (χ0v) is 16.3. The van der Waals surface area contributed by atoms with Gasteiger partial charge in [-0.2, -0.15) is 0 Å². The molecule has 0 radical (unpaired) electrons. The molecule has 2 atom stereocenters. The molecular weight excluding hydrogens is 344 g/mol. The molecule has 142 valence electrons. The molecule has 0 saturated heterocycles. The molecule has 5 heteroatoms. The van der Waals surface area contributed by atoms with Crippen molar-refractivity contribution in [2.45, 2.75) is 59.2 Å². The monoisotopic (exact) mass is 368 g/mol. The average molecular weight is 368 g/mol. The van der Waals surface area contributed by atoms with Crippen molar-refractivity contribution >= 4 is 22.8 Å². The zero-order chi connectivity index (χ0) is 19.5. The van der Waals surface area contributed by atoms with Crippen molar-refractivity contribution in [3.05, 3.63) is 39.3 Å². The molecule has 0 saturated carbocycles. The number of carbonyl (C=O) groups is 1. The average Bonchev–Trinajstić information content (AvgIpc) is 2.58. The molecule has 0 unspecified atom stereocenters. The van der Waals surface area contributed by atoms with Crippen LogP contribution in [0.1, 0.15) is 62.5 Å². The van der Waals surface area contributed by atoms with Crippen LogP contribution in [0.5, 0.6) is 11.5 Å². The molecule has 0 spiro atoms. The van der Waals surface area contributed by atoms with Crippen LogP contribution in [0.3, 0.4) is 0 Å². The summed E-state index contributed by atoms with van der Waals surface area (Å²) in [5.74, 6) is 0.699. The number of ketones is 1. The van der Waals surface area contributed by atoms with Crippen LogP contribution in [0.15, 0.2) is 21.4 Å². The molecular formula is C22H24O5. The number of carbonyl (C=O) groups excluding carboxylic acids is 1. The standard InChI is InChI=1S/C22H24O5/c1-6-7-13-10-15(23)26-21-16(13)20-14(8-9-22(4,5)27-20)19-17(21)18(24)11(2)12(3)25-19/h8-12H,6-7H2,1-5H3/t11-,12-/m1/s1. The minimum atomic E-state index is -0.509. The maximum atomic E-state index is 13.1. The van der Waals surface area contributed by atoms with E-state index in [4.69, 9.17) is 13.9 Å². The van der Waals surface area contributed by atoms with Crippen LogP contribution >= 0.6 is 0 Å². The Kier molecular flexibility index (Phi) is 3.95. The van der Waals surface area contributed by atoms with Crippen LogP contribution in [0.4, 0.5) is 0 Å². The first-order chi connectivity index (χ1) is 12.7. The van der Waals surface area contributed by atoms with Crippen LogP contribution in [-0.2, 0) is 6.42 Å². The Bertz CT molecular complexity index is 1040. The van der Waals surface area contributed by atoms with Gasteiger partial charge in [0.05, 0.1) is 16.9 Å². The molecule has 27 heavy (non-hydrogen) atoms. The van der Waals surface area contributed by atoms with E-state index in [1.807, 2.05) is 46.8 Å². The van der Waals surface area contributed by atoms with Gasteiger partial charge in [0, 0.05) is 6.07 Å². The van der Waals surface area contributed by atoms with E-state index < -0.39 is 11.2 Å². The van der Waals surface area contributed by atoms with Crippen molar-refractivity contribution in [2.24, 2.45) is 5.92 Å². The molecule has 2 aliphatic rings. The summed E-state index contributed by atoms with van der Waals surface area (Å²) in [6, 6.07) is 1.51. The lowest BCUT2D eigenvalue weighted by atomic mass is 9.86. The lowest BCUT2D eigenvalue weighted by molar-refractivity contribution is 0.0728. The minimum absolute atomic E-state index is 0.0633. The molecule has 4 rings (SSSR count). The van der Waals surface area contributed by atoms with Crippen LogP contribution in [-0.4, -0.2) is 17.5 Å². The summed E-state index contributed by atoms with van der Waals surface area (Å²) >= 11 is 0. The van der Waals surface area contributed by atoms with E-state index in [-0.39, 0.29) is 23.4 Å². The van der Waals surface area contributed by atoms with E-state index in [0.717, 1.165) is 17.5 Å². The second-order valence-corrected chi connectivity index (χ2v) is 8.01. The number of Topliss-reactive ketones (excluding diaryl/α,β-unsaturated/α-hetero) is 1. The summed E-state index contributed by atoms with van der Waals surface area (Å²) in [6.07, 6.45) is 5.20. The molecule has 0 fully saturated rings. The molecule has 2 aromatic rings. The summed E-state index contributed by atoms with van der Waals surface area (Å²) in [7, 11) is 0. The summed E-state index contributed by atoms with van der Waals surface area (Å²) in [5, 5.41) is 0.710. The predicted molar refractivity (Wildman–Crippen MR) is 104 cm³/mol. The Labute approximate surface area is 158 Å². The second-order valence-electron chi connectivity index (χ2n) is 8.01. The van der Waals surface area contributed by atoms with E-state index in [2.05, 4.69) is 0 Å². The second kappa shape index (κ2) is 5.98. The van der Waals surface area contributed by atoms with Crippen LogP contribution in [0.2, 0.25) is 0 Å². The SMILES string of the molecule is CCCc1cc(=O)oc2c3c(c4c(c12)OC(C)(C)C=C4)O[C@H](C)[C@@H](C)C3=O. The fourth-order valence-corrected chi connectivity index (χ4v) is 3.82. The largest absolute Gasteiger partial charge is 0.488 e. The number of aryl methyl sites for hydroxylation is 1. The van der Waals surface area contributed by atoms with Gasteiger partial charge in [0.1, 0.15) is 28.8 Å². The Morgan fingerprint density at radius 2 is 1.89 bits per heavy atom. The van der Waals surface area contributed by atoms with Gasteiger partial charge in [-0.1, -0.05) is 20.3 Å². The molecule has 2 aliphatic heterocycles. The summed E-state index contributed by atoms with van der Waals surface area (Å²) in [4.78, 5) is 25.4. The zero-order valence-electron chi connectivity index (χ0n) is 16.3. The molecule has 0 aliphatic carbocycles. The first-order valence-corrected chi connectivity index (χ1v) is 9.49. The summed E-state index contributed by atoms with van der Waals surface area (Å²) in [5.41, 5.74) is 1.26. The highest BCUT2D eigenvalue weighted by Gasteiger charge is 2.39. The first kappa shape index (κ1) is 17.8. The van der Waals surface area contributed by atoms with Gasteiger partial charge in [0.15, 0.2) is 11.4 Å². The fourth-order valence-electron chi connectivity index (χ4n) is 3.82. The van der Waals surface area contributed by atoms with Crippen molar-refractivity contribution in [1.82, 2.24) is 0 Å². The van der Waals surface area contributed by atoms with Gasteiger partial charge in [0.2, 0.25) is 0 Å². The van der Waals surface area contributed by atoms with Gasteiger partial charge < -0.3 is 13.9 Å². The maximum Gasteiger partial charge on any atom is 0.336 e. The minimum Gasteiger partial charge on any atom is -0.488 e. The van der Waals surface area contributed by atoms with Crippen LogP contribution in [0.25, 0.3) is 17.0 Å². The molecule has 0 N–H and O–H groups in total. The molecule has 5 nitrogen and oxygen atoms in total. The summed E-state index contributed by atoms with van der Waals surface area (Å²) in [6.45, 7) is 9.70. The fraction of sp³-hybridized carbons (Fsp3) is 0.455. The lowest BCUT2D eigenvalue weighted by Gasteiger charge is -2.34. The third kappa shape index (κ3) is 2.68. The van der Waals surface area contributed by atoms with Gasteiger partial charge in [0.25, 0.3) is 0 Å². The Morgan fingerprint density at radius 3 is 2.59 bits per heavy atom. The number of hydrogen-bond donors (Lipinski definition) is 0. The number of fused-ring (bicyclic) bond motifs is 6. The van der Waals surface area contributed by atoms with Crippen molar-refractivity contribution < 1.29 is 18.7 Å². The normalized spacial score (nSPS) is 22.8. The number of rotatable bonds is 2. The Hall–Kier alpha value is -2.56. The van der Waals surface area contributed by atoms with E-state index >= 15 is 0 Å². The van der Waals surface area contributed by atoms with Crippen molar-refractivity contribution in [3.8, 4) is 11.5 Å². The van der Waals surface area contributed by atoms with Gasteiger partial charge in [-0.15, -0.1) is 0 Å². The number of benzene rings is 1. The smallest absolute Gasteiger partial charge is 0.336 e. The topological polar surface area (TPSA) is 65.7 Å². The maximum absolute atomic E-state index is 13.1. The first-order valence-electron chi connectivity index (χ1n) is 9.49. The lowest BCUT2D eigenvalue weighted by Crippen LogP contribution is -2.35. The van der Waals surface area contributed by atoms with Crippen molar-refractivity contribution in [3.63, 3.8) is 0 Å². The van der Waals surface area contributed by atoms with E-state index in [1.54, 1.807) is 0 Å². The Morgan fingerprint density at radius 1 is 1.15 bits per heavy atom. The van der Waals surface area contributed by atoms with Crippen LogP contribution < -0.4 is 15.1 Å². The van der Waals surface area contributed by atoms with E-state index in [1.165, 1.54) is 6.07 Å². The number of hydrogen-bond acceptors (Lipinski definition) is 5. The molecule has 1 aromatic carbocycles. The number of ether oxygens (including phenoxy) is 2. The van der Waals surface area contributed by atoms with Gasteiger partial charge in [-0.25, -0.2) is 4.79 Å². The predicted octanol–water partition coefficient (Wildman–Crippen LogP) is 4.53. The highest BCUT2D eigenvalue weighted by atomic mass is 16.5. The highest BCUT2D eigenvalue weighted by molar-refractivity contribution is 6.14. The van der Waals surface area contributed by atoms with Crippen molar-refractivity contribution in [2.75, 3.05) is 0 Å². The molecule has 0 amide bonds. The molecule has 0 bridgehead atoms. The quantitative estimate of drug-likeness (QED) is 0.729. The van der Waals surface area contributed by atoms with Gasteiger partial charge in [-0.3, -0.25) is 4.79 Å². The van der Waals surface area contributed by atoms with E-state index in [0.29, 0.717) is 28.9 Å². The van der Waals surface area contributed by atoms with E-state index in [9.17, 15) is 9.59 Å². The van der Waals surface area contributed by atoms with Gasteiger partial charge >= 0.3 is 5.63 Å². The third-order valence-electron chi connectivity index (χ3n) is 5.42. The Balaban J connectivity index is 2.18. The van der Waals surface area contributed by atoms with Crippen LogP contribution in [0, 0.1) is 5.92 Å². The highest BCUT2D eigenvalue weighted by Crippen LogP contribution is 2.49. The molecule has 3 heterocycles. The third-order valence-corrected chi connectivity index (χ3v) is 5.42. The molecule has 1 aromatic heterocycles.